The first-order valence-electron chi connectivity index (χ1n) is 7.12. The minimum atomic E-state index is -0.187. The number of aliphatic hydroxyl groups excluding tert-OH is 1. The highest BCUT2D eigenvalue weighted by Crippen LogP contribution is 2.26. The third kappa shape index (κ3) is 2.86. The molecule has 0 spiro atoms. The molecule has 0 aromatic carbocycles. The number of hydrogen-bond donors (Lipinski definition) is 1. The standard InChI is InChI=1S/C14H19ClN2O2S/c15-13-5-4-12(20-13)14(19)17-8-6-16(7-9-17)10-2-1-3-11(10)18/h4-5,10-11,18H,1-3,6-9H2/t10-,11-/m0/s1. The first-order chi connectivity index (χ1) is 9.65. The van der Waals surface area contributed by atoms with Crippen LogP contribution in [-0.2, 0) is 0 Å². The van der Waals surface area contributed by atoms with Gasteiger partial charge in [-0.1, -0.05) is 11.6 Å². The van der Waals surface area contributed by atoms with Gasteiger partial charge in [0.25, 0.3) is 5.91 Å². The van der Waals surface area contributed by atoms with Gasteiger partial charge >= 0.3 is 0 Å². The molecule has 2 fully saturated rings. The zero-order valence-corrected chi connectivity index (χ0v) is 12.9. The molecule has 0 radical (unpaired) electrons. The number of nitrogens with zero attached hydrogens (tertiary/aromatic N) is 2. The van der Waals surface area contributed by atoms with Crippen LogP contribution in [0.2, 0.25) is 4.34 Å². The number of halogens is 1. The van der Waals surface area contributed by atoms with Gasteiger partial charge in [-0.15, -0.1) is 11.3 Å². The Hall–Kier alpha value is -0.620. The summed E-state index contributed by atoms with van der Waals surface area (Å²) in [5, 5.41) is 9.96. The van der Waals surface area contributed by atoms with Crippen LogP contribution >= 0.6 is 22.9 Å². The van der Waals surface area contributed by atoms with Crippen LogP contribution in [-0.4, -0.2) is 59.1 Å². The third-order valence-corrected chi connectivity index (χ3v) is 5.52. The average Bonchev–Trinajstić information content (AvgIpc) is 3.07. The van der Waals surface area contributed by atoms with E-state index in [1.807, 2.05) is 4.90 Å². The van der Waals surface area contributed by atoms with E-state index in [1.54, 1.807) is 12.1 Å². The molecular formula is C14H19ClN2O2S. The molecule has 3 rings (SSSR count). The van der Waals surface area contributed by atoms with Crippen LogP contribution in [0.1, 0.15) is 28.9 Å². The van der Waals surface area contributed by atoms with Gasteiger partial charge in [0.15, 0.2) is 0 Å². The Kier molecular flexibility index (Phi) is 4.31. The van der Waals surface area contributed by atoms with E-state index in [0.29, 0.717) is 15.3 Å². The summed E-state index contributed by atoms with van der Waals surface area (Å²) in [4.78, 5) is 17.3. The molecule has 1 aromatic rings. The molecule has 20 heavy (non-hydrogen) atoms. The highest BCUT2D eigenvalue weighted by molar-refractivity contribution is 7.17. The van der Waals surface area contributed by atoms with E-state index in [0.717, 1.165) is 45.4 Å². The Morgan fingerprint density at radius 1 is 1.25 bits per heavy atom. The Morgan fingerprint density at radius 3 is 2.55 bits per heavy atom. The van der Waals surface area contributed by atoms with Crippen molar-refractivity contribution in [3.63, 3.8) is 0 Å². The van der Waals surface area contributed by atoms with Crippen molar-refractivity contribution < 1.29 is 9.90 Å². The zero-order chi connectivity index (χ0) is 14.1. The molecule has 1 aliphatic carbocycles. The molecule has 2 aliphatic rings. The molecule has 1 aromatic heterocycles. The molecule has 1 amide bonds. The Labute approximate surface area is 127 Å². The Balaban J connectivity index is 1.57. The molecule has 6 heteroatoms. The lowest BCUT2D eigenvalue weighted by molar-refractivity contribution is 0.0318. The molecule has 1 saturated heterocycles. The van der Waals surface area contributed by atoms with Gasteiger partial charge in [0.05, 0.1) is 15.3 Å². The lowest BCUT2D eigenvalue weighted by atomic mass is 10.1. The first-order valence-corrected chi connectivity index (χ1v) is 8.31. The van der Waals surface area contributed by atoms with E-state index in [-0.39, 0.29) is 12.0 Å². The molecule has 2 heterocycles. The summed E-state index contributed by atoms with van der Waals surface area (Å²) in [6, 6.07) is 3.86. The van der Waals surface area contributed by atoms with Crippen molar-refractivity contribution in [1.82, 2.24) is 9.80 Å². The van der Waals surface area contributed by atoms with Gasteiger partial charge in [0.2, 0.25) is 0 Å². The van der Waals surface area contributed by atoms with Crippen molar-refractivity contribution in [1.29, 1.82) is 0 Å². The molecule has 0 bridgehead atoms. The summed E-state index contributed by atoms with van der Waals surface area (Å²) < 4.78 is 0.654. The Bertz CT molecular complexity index is 485. The fourth-order valence-electron chi connectivity index (χ4n) is 3.19. The molecule has 1 saturated carbocycles. The lowest BCUT2D eigenvalue weighted by Gasteiger charge is -2.38. The number of rotatable bonds is 2. The maximum atomic E-state index is 12.3. The molecular weight excluding hydrogens is 296 g/mol. The van der Waals surface area contributed by atoms with E-state index in [1.165, 1.54) is 11.3 Å². The fraction of sp³-hybridized carbons (Fsp3) is 0.643. The predicted molar refractivity (Wildman–Crippen MR) is 80.5 cm³/mol. The van der Waals surface area contributed by atoms with E-state index in [9.17, 15) is 9.90 Å². The van der Waals surface area contributed by atoms with Gasteiger partial charge in [-0.25, -0.2) is 0 Å². The summed E-state index contributed by atoms with van der Waals surface area (Å²) in [6.07, 6.45) is 2.92. The van der Waals surface area contributed by atoms with Crippen molar-refractivity contribution in [2.45, 2.75) is 31.4 Å². The summed E-state index contributed by atoms with van der Waals surface area (Å²) in [5.41, 5.74) is 0. The van der Waals surface area contributed by atoms with Crippen molar-refractivity contribution in [2.24, 2.45) is 0 Å². The Morgan fingerprint density at radius 2 is 2.00 bits per heavy atom. The van der Waals surface area contributed by atoms with Gasteiger partial charge in [0.1, 0.15) is 0 Å². The van der Waals surface area contributed by atoms with Gasteiger partial charge in [-0.05, 0) is 31.4 Å². The van der Waals surface area contributed by atoms with E-state index >= 15 is 0 Å². The summed E-state index contributed by atoms with van der Waals surface area (Å²) in [7, 11) is 0. The second kappa shape index (κ2) is 6.02. The zero-order valence-electron chi connectivity index (χ0n) is 11.3. The highest BCUT2D eigenvalue weighted by Gasteiger charge is 2.33. The maximum Gasteiger partial charge on any atom is 0.264 e. The number of amides is 1. The number of aliphatic hydroxyl groups is 1. The van der Waals surface area contributed by atoms with E-state index in [4.69, 9.17) is 11.6 Å². The van der Waals surface area contributed by atoms with Gasteiger partial charge in [-0.2, -0.15) is 0 Å². The van der Waals surface area contributed by atoms with Crippen LogP contribution in [0, 0.1) is 0 Å². The van der Waals surface area contributed by atoms with E-state index < -0.39 is 0 Å². The van der Waals surface area contributed by atoms with Gasteiger partial charge < -0.3 is 10.0 Å². The van der Waals surface area contributed by atoms with Crippen molar-refractivity contribution >= 4 is 28.8 Å². The predicted octanol–water partition coefficient (Wildman–Crippen LogP) is 2.07. The van der Waals surface area contributed by atoms with Crippen molar-refractivity contribution in [3.05, 3.63) is 21.3 Å². The third-order valence-electron chi connectivity index (χ3n) is 4.30. The number of thiophene rings is 1. The first kappa shape index (κ1) is 14.3. The van der Waals surface area contributed by atoms with Gasteiger partial charge in [-0.3, -0.25) is 9.69 Å². The van der Waals surface area contributed by atoms with Crippen LogP contribution in [0.5, 0.6) is 0 Å². The summed E-state index contributed by atoms with van der Waals surface area (Å²) >= 11 is 7.22. The molecule has 0 unspecified atom stereocenters. The second-order valence-corrected chi connectivity index (χ2v) is 7.21. The lowest BCUT2D eigenvalue weighted by Crippen LogP contribution is -2.53. The maximum absolute atomic E-state index is 12.3. The summed E-state index contributed by atoms with van der Waals surface area (Å²) in [6.45, 7) is 3.17. The SMILES string of the molecule is O=C(c1ccc(Cl)s1)N1CCN([C@H]2CCC[C@@H]2O)CC1. The van der Waals surface area contributed by atoms with Crippen LogP contribution in [0.4, 0.5) is 0 Å². The van der Waals surface area contributed by atoms with Crippen LogP contribution in [0.3, 0.4) is 0 Å². The van der Waals surface area contributed by atoms with Crippen molar-refractivity contribution in [2.75, 3.05) is 26.2 Å². The molecule has 4 nitrogen and oxygen atoms in total. The molecule has 110 valence electrons. The van der Waals surface area contributed by atoms with Crippen molar-refractivity contribution in [3.8, 4) is 0 Å². The smallest absolute Gasteiger partial charge is 0.264 e. The van der Waals surface area contributed by atoms with Crippen LogP contribution < -0.4 is 0 Å². The number of piperazine rings is 1. The minimum Gasteiger partial charge on any atom is -0.391 e. The number of carbonyl (C=O) groups excluding carboxylic acids is 1. The molecule has 1 aliphatic heterocycles. The topological polar surface area (TPSA) is 43.8 Å². The largest absolute Gasteiger partial charge is 0.391 e. The number of carbonyl (C=O) groups is 1. The number of hydrogen-bond acceptors (Lipinski definition) is 4. The molecule has 1 N–H and O–H groups in total. The second-order valence-electron chi connectivity index (χ2n) is 5.50. The van der Waals surface area contributed by atoms with Crippen LogP contribution in [0.15, 0.2) is 12.1 Å². The minimum absolute atomic E-state index is 0.0773. The normalized spacial score (nSPS) is 28.0. The molecule has 2 atom stereocenters. The highest BCUT2D eigenvalue weighted by atomic mass is 35.5. The quantitative estimate of drug-likeness (QED) is 0.909. The average molecular weight is 315 g/mol. The van der Waals surface area contributed by atoms with Gasteiger partial charge in [0, 0.05) is 32.2 Å². The monoisotopic (exact) mass is 314 g/mol. The van der Waals surface area contributed by atoms with Crippen LogP contribution in [0.25, 0.3) is 0 Å². The summed E-state index contributed by atoms with van der Waals surface area (Å²) in [5.74, 6) is 0.0773. The van der Waals surface area contributed by atoms with E-state index in [2.05, 4.69) is 4.90 Å². The fourth-order valence-corrected chi connectivity index (χ4v) is 4.20.